The Balaban J connectivity index is 3.88. The first-order valence-corrected chi connectivity index (χ1v) is 4.53. The average Bonchev–Trinajstić information content (AvgIpc) is 1.82. The van der Waals surface area contributed by atoms with Gasteiger partial charge in [-0.3, -0.25) is 4.79 Å². The van der Waals surface area contributed by atoms with Gasteiger partial charge in [0.25, 0.3) is 0 Å². The highest BCUT2D eigenvalue weighted by molar-refractivity contribution is 14.1. The Morgan fingerprint density at radius 1 is 1.55 bits per heavy atom. The van der Waals surface area contributed by atoms with Crippen molar-refractivity contribution in [2.45, 2.75) is 39.3 Å². The molecule has 0 fully saturated rings. The summed E-state index contributed by atoms with van der Waals surface area (Å²) >= 11 is 1.93. The fourth-order valence-corrected chi connectivity index (χ4v) is 0.689. The minimum atomic E-state index is -0.390. The molecular formula is C7H14INO2. The van der Waals surface area contributed by atoms with Crippen LogP contribution in [0.25, 0.3) is 0 Å². The second kappa shape index (κ2) is 4.25. The lowest BCUT2D eigenvalue weighted by atomic mass is 10.2. The Kier molecular flexibility index (Phi) is 4.31. The van der Waals surface area contributed by atoms with Crippen molar-refractivity contribution in [1.82, 2.24) is 3.53 Å². The molecule has 0 saturated heterocycles. The maximum Gasteiger partial charge on any atom is 0.324 e. The largest absolute Gasteiger partial charge is 0.459 e. The number of rotatable bonds is 2. The summed E-state index contributed by atoms with van der Waals surface area (Å²) in [7, 11) is 0. The number of carbonyl (C=O) groups is 1. The predicted octanol–water partition coefficient (Wildman–Crippen LogP) is 1.66. The van der Waals surface area contributed by atoms with Gasteiger partial charge < -0.3 is 4.74 Å². The van der Waals surface area contributed by atoms with E-state index in [1.165, 1.54) is 0 Å². The average molecular weight is 271 g/mol. The minimum absolute atomic E-state index is 0.216. The topological polar surface area (TPSA) is 38.3 Å². The Bertz CT molecular complexity index is 142. The zero-order valence-electron chi connectivity index (χ0n) is 7.27. The van der Waals surface area contributed by atoms with E-state index in [4.69, 9.17) is 4.74 Å². The summed E-state index contributed by atoms with van der Waals surface area (Å²) < 4.78 is 7.87. The third-order valence-electron chi connectivity index (χ3n) is 0.924. The number of nitrogens with one attached hydrogen (secondary N) is 1. The van der Waals surface area contributed by atoms with Gasteiger partial charge in [-0.25, -0.2) is 3.53 Å². The number of ether oxygens (including phenoxy) is 1. The molecule has 1 N–H and O–H groups in total. The molecular weight excluding hydrogens is 257 g/mol. The number of esters is 1. The first kappa shape index (κ1) is 11.2. The predicted molar refractivity (Wildman–Crippen MR) is 52.5 cm³/mol. The maximum atomic E-state index is 11.1. The van der Waals surface area contributed by atoms with Crippen LogP contribution in [0.15, 0.2) is 0 Å². The van der Waals surface area contributed by atoms with Gasteiger partial charge in [0.1, 0.15) is 11.6 Å². The molecule has 4 heteroatoms. The molecule has 1 atom stereocenters. The first-order chi connectivity index (χ1) is 4.87. The SMILES string of the molecule is C[C@H](NI)C(=O)OC(C)(C)C. The van der Waals surface area contributed by atoms with Gasteiger partial charge in [0, 0.05) is 22.9 Å². The van der Waals surface area contributed by atoms with E-state index < -0.39 is 5.60 Å². The van der Waals surface area contributed by atoms with Gasteiger partial charge in [0.05, 0.1) is 0 Å². The van der Waals surface area contributed by atoms with Gasteiger partial charge in [-0.05, 0) is 27.7 Å². The highest BCUT2D eigenvalue weighted by Crippen LogP contribution is 2.08. The van der Waals surface area contributed by atoms with Crippen LogP contribution < -0.4 is 3.53 Å². The zero-order valence-corrected chi connectivity index (χ0v) is 9.43. The van der Waals surface area contributed by atoms with E-state index in [0.717, 1.165) is 0 Å². The van der Waals surface area contributed by atoms with E-state index in [9.17, 15) is 4.79 Å². The normalized spacial score (nSPS) is 14.3. The van der Waals surface area contributed by atoms with Gasteiger partial charge in [-0.2, -0.15) is 0 Å². The Hall–Kier alpha value is 0.160. The monoisotopic (exact) mass is 271 g/mol. The maximum absolute atomic E-state index is 11.1. The van der Waals surface area contributed by atoms with Crippen molar-refractivity contribution in [2.75, 3.05) is 0 Å². The quantitative estimate of drug-likeness (QED) is 0.471. The van der Waals surface area contributed by atoms with Crippen molar-refractivity contribution in [3.8, 4) is 0 Å². The second-order valence-electron chi connectivity index (χ2n) is 3.36. The van der Waals surface area contributed by atoms with Crippen molar-refractivity contribution in [1.29, 1.82) is 0 Å². The van der Waals surface area contributed by atoms with Crippen molar-refractivity contribution in [2.24, 2.45) is 0 Å². The Morgan fingerprint density at radius 3 is 2.27 bits per heavy atom. The van der Waals surface area contributed by atoms with Crippen LogP contribution in [0.1, 0.15) is 27.7 Å². The minimum Gasteiger partial charge on any atom is -0.459 e. The van der Waals surface area contributed by atoms with Crippen molar-refractivity contribution < 1.29 is 9.53 Å². The number of hydrogen-bond acceptors (Lipinski definition) is 3. The second-order valence-corrected chi connectivity index (χ2v) is 3.99. The molecule has 0 heterocycles. The number of carbonyl (C=O) groups excluding carboxylic acids is 1. The van der Waals surface area contributed by atoms with E-state index >= 15 is 0 Å². The van der Waals surface area contributed by atoms with Crippen LogP contribution in [0.4, 0.5) is 0 Å². The molecule has 0 unspecified atom stereocenters. The van der Waals surface area contributed by atoms with E-state index in [1.54, 1.807) is 6.92 Å². The van der Waals surface area contributed by atoms with Crippen molar-refractivity contribution in [3.05, 3.63) is 0 Å². The molecule has 0 rings (SSSR count). The number of hydrogen-bond donors (Lipinski definition) is 1. The van der Waals surface area contributed by atoms with Crippen molar-refractivity contribution in [3.63, 3.8) is 0 Å². The van der Waals surface area contributed by atoms with E-state index in [0.29, 0.717) is 0 Å². The smallest absolute Gasteiger partial charge is 0.324 e. The molecule has 66 valence electrons. The first-order valence-electron chi connectivity index (χ1n) is 3.46. The van der Waals surface area contributed by atoms with Gasteiger partial charge in [0.2, 0.25) is 0 Å². The van der Waals surface area contributed by atoms with Gasteiger partial charge >= 0.3 is 5.97 Å². The molecule has 0 aromatic rings. The lowest BCUT2D eigenvalue weighted by Gasteiger charge is -2.21. The van der Waals surface area contributed by atoms with Crippen LogP contribution in [0.5, 0.6) is 0 Å². The molecule has 0 bridgehead atoms. The van der Waals surface area contributed by atoms with Crippen LogP contribution in [0.3, 0.4) is 0 Å². The van der Waals surface area contributed by atoms with E-state index in [-0.39, 0.29) is 12.0 Å². The lowest BCUT2D eigenvalue weighted by molar-refractivity contribution is -0.156. The summed E-state index contributed by atoms with van der Waals surface area (Å²) in [6.07, 6.45) is 0. The molecule has 0 aliphatic rings. The summed E-state index contributed by atoms with van der Waals surface area (Å²) in [5.74, 6) is -0.216. The van der Waals surface area contributed by atoms with Crippen LogP contribution in [0, 0.1) is 0 Å². The molecule has 0 aliphatic heterocycles. The number of halogens is 1. The molecule has 0 saturated carbocycles. The van der Waals surface area contributed by atoms with Crippen LogP contribution >= 0.6 is 22.9 Å². The Morgan fingerprint density at radius 2 is 2.00 bits per heavy atom. The van der Waals surface area contributed by atoms with Crippen molar-refractivity contribution >= 4 is 28.8 Å². The van der Waals surface area contributed by atoms with Crippen LogP contribution in [-0.2, 0) is 9.53 Å². The summed E-state index contributed by atoms with van der Waals surface area (Å²) in [6, 6.07) is -0.241. The van der Waals surface area contributed by atoms with E-state index in [2.05, 4.69) is 3.53 Å². The molecule has 0 aromatic carbocycles. The van der Waals surface area contributed by atoms with E-state index in [1.807, 2.05) is 43.6 Å². The summed E-state index contributed by atoms with van der Waals surface area (Å²) in [5.41, 5.74) is -0.390. The molecule has 0 aliphatic carbocycles. The van der Waals surface area contributed by atoms with Crippen LogP contribution in [-0.4, -0.2) is 17.6 Å². The highest BCUT2D eigenvalue weighted by Gasteiger charge is 2.20. The fourth-order valence-electron chi connectivity index (χ4n) is 0.435. The summed E-state index contributed by atoms with van der Waals surface area (Å²) in [4.78, 5) is 11.1. The third kappa shape index (κ3) is 5.43. The molecule has 11 heavy (non-hydrogen) atoms. The molecule has 0 radical (unpaired) electrons. The lowest BCUT2D eigenvalue weighted by Crippen LogP contribution is -2.35. The molecule has 0 aromatic heterocycles. The highest BCUT2D eigenvalue weighted by atomic mass is 127. The molecule has 0 amide bonds. The zero-order chi connectivity index (χ0) is 9.07. The molecule has 3 nitrogen and oxygen atoms in total. The van der Waals surface area contributed by atoms with Gasteiger partial charge in [-0.15, -0.1) is 0 Å². The summed E-state index contributed by atoms with van der Waals surface area (Å²) in [6.45, 7) is 7.32. The Labute approximate surface area is 81.4 Å². The molecule has 0 spiro atoms. The van der Waals surface area contributed by atoms with Crippen LogP contribution in [0.2, 0.25) is 0 Å². The third-order valence-corrected chi connectivity index (χ3v) is 1.86. The summed E-state index contributed by atoms with van der Waals surface area (Å²) in [5, 5.41) is 0. The standard InChI is InChI=1S/C7H14INO2/c1-5(9-8)6(10)11-7(2,3)4/h5,9H,1-4H3/t5-/m0/s1. The fraction of sp³-hybridized carbons (Fsp3) is 0.857. The van der Waals surface area contributed by atoms with Gasteiger partial charge in [0.15, 0.2) is 0 Å². The van der Waals surface area contributed by atoms with Gasteiger partial charge in [-0.1, -0.05) is 0 Å².